The molecule has 0 radical (unpaired) electrons. The van der Waals surface area contributed by atoms with Gasteiger partial charge in [-0.1, -0.05) is 6.08 Å². The lowest BCUT2D eigenvalue weighted by Gasteiger charge is -2.20. The monoisotopic (exact) mass is 263 g/mol. The first-order valence-electron chi connectivity index (χ1n) is 5.59. The van der Waals surface area contributed by atoms with Crippen LogP contribution in [-0.2, 0) is 0 Å². The third kappa shape index (κ3) is 4.08. The van der Waals surface area contributed by atoms with E-state index in [9.17, 15) is 9.18 Å². The fourth-order valence-electron chi connectivity index (χ4n) is 1.44. The van der Waals surface area contributed by atoms with Crippen LogP contribution in [0.4, 0.5) is 14.9 Å². The third-order valence-corrected chi connectivity index (χ3v) is 2.34. The number of hydrogen-bond donors (Lipinski definition) is 2. The lowest BCUT2D eigenvalue weighted by molar-refractivity contribution is 0.195. The number of carbonyl (C=O) groups is 1. The number of anilines is 1. The average molecular weight is 263 g/mol. The maximum absolute atomic E-state index is 13.1. The van der Waals surface area contributed by atoms with Crippen LogP contribution in [0.2, 0.25) is 0 Å². The van der Waals surface area contributed by atoms with Crippen LogP contribution in [0.15, 0.2) is 30.9 Å². The second kappa shape index (κ2) is 7.13. The maximum Gasteiger partial charge on any atom is 0.322 e. The van der Waals surface area contributed by atoms with E-state index in [1.165, 1.54) is 23.1 Å². The highest BCUT2D eigenvalue weighted by molar-refractivity contribution is 5.89. The van der Waals surface area contributed by atoms with E-state index in [1.54, 1.807) is 6.07 Å². The van der Waals surface area contributed by atoms with Crippen LogP contribution in [-0.4, -0.2) is 35.7 Å². The molecule has 0 unspecified atom stereocenters. The summed E-state index contributed by atoms with van der Waals surface area (Å²) in [6.07, 6.45) is 1.53. The van der Waals surface area contributed by atoms with Crippen LogP contribution < -0.4 is 5.32 Å². The average Bonchev–Trinajstić information content (AvgIpc) is 2.40. The SMILES string of the molecule is C=CCN(CCO)C(=O)Nc1ccc(F)c(C#N)c1. The molecule has 0 aliphatic carbocycles. The smallest absolute Gasteiger partial charge is 0.322 e. The number of nitrogens with one attached hydrogen (secondary N) is 1. The summed E-state index contributed by atoms with van der Waals surface area (Å²) in [5.74, 6) is -0.640. The predicted molar refractivity (Wildman–Crippen MR) is 69.0 cm³/mol. The van der Waals surface area contributed by atoms with Crippen molar-refractivity contribution in [3.8, 4) is 6.07 Å². The first-order valence-corrected chi connectivity index (χ1v) is 5.59. The fourth-order valence-corrected chi connectivity index (χ4v) is 1.44. The molecule has 100 valence electrons. The van der Waals surface area contributed by atoms with E-state index >= 15 is 0 Å². The van der Waals surface area contributed by atoms with Gasteiger partial charge in [-0.05, 0) is 18.2 Å². The van der Waals surface area contributed by atoms with E-state index in [0.29, 0.717) is 5.69 Å². The van der Waals surface area contributed by atoms with Crippen molar-refractivity contribution in [2.75, 3.05) is 25.0 Å². The van der Waals surface area contributed by atoms with Crippen LogP contribution in [0.1, 0.15) is 5.56 Å². The first-order chi connectivity index (χ1) is 9.12. The molecule has 1 rings (SSSR count). The Morgan fingerprint density at radius 1 is 1.63 bits per heavy atom. The van der Waals surface area contributed by atoms with Crippen molar-refractivity contribution < 1.29 is 14.3 Å². The molecule has 1 aromatic rings. The molecule has 5 nitrogen and oxygen atoms in total. The Balaban J connectivity index is 2.80. The largest absolute Gasteiger partial charge is 0.395 e. The van der Waals surface area contributed by atoms with Gasteiger partial charge in [-0.25, -0.2) is 9.18 Å². The minimum Gasteiger partial charge on any atom is -0.395 e. The highest BCUT2D eigenvalue weighted by Gasteiger charge is 2.12. The molecule has 1 aromatic carbocycles. The van der Waals surface area contributed by atoms with Crippen LogP contribution in [0.5, 0.6) is 0 Å². The van der Waals surface area contributed by atoms with Crippen molar-refractivity contribution in [1.82, 2.24) is 4.90 Å². The number of amides is 2. The molecule has 2 N–H and O–H groups in total. The summed E-state index contributed by atoms with van der Waals surface area (Å²) in [6.45, 7) is 3.78. The van der Waals surface area contributed by atoms with Crippen LogP contribution >= 0.6 is 0 Å². The van der Waals surface area contributed by atoms with Crippen LogP contribution in [0.25, 0.3) is 0 Å². The zero-order valence-electron chi connectivity index (χ0n) is 10.3. The van der Waals surface area contributed by atoms with Crippen molar-refractivity contribution in [1.29, 1.82) is 5.26 Å². The summed E-state index contributed by atoms with van der Waals surface area (Å²) >= 11 is 0. The quantitative estimate of drug-likeness (QED) is 0.794. The second-order valence-corrected chi connectivity index (χ2v) is 3.69. The van der Waals surface area contributed by atoms with E-state index in [1.807, 2.05) is 0 Å². The molecule has 0 fully saturated rings. The summed E-state index contributed by atoms with van der Waals surface area (Å²) in [5.41, 5.74) is 0.171. The summed E-state index contributed by atoms with van der Waals surface area (Å²) in [7, 11) is 0. The van der Waals surface area contributed by atoms with Gasteiger partial charge in [-0.15, -0.1) is 6.58 Å². The highest BCUT2D eigenvalue weighted by atomic mass is 19.1. The van der Waals surface area contributed by atoms with E-state index in [4.69, 9.17) is 10.4 Å². The first kappa shape index (κ1) is 14.7. The van der Waals surface area contributed by atoms with Gasteiger partial charge in [0, 0.05) is 18.8 Å². The lowest BCUT2D eigenvalue weighted by Crippen LogP contribution is -2.37. The second-order valence-electron chi connectivity index (χ2n) is 3.69. The molecule has 19 heavy (non-hydrogen) atoms. The normalized spacial score (nSPS) is 9.53. The number of nitriles is 1. The summed E-state index contributed by atoms with van der Waals surface area (Å²) in [4.78, 5) is 13.2. The van der Waals surface area contributed by atoms with Gasteiger partial charge in [-0.2, -0.15) is 5.26 Å². The minimum absolute atomic E-state index is 0.143. The van der Waals surface area contributed by atoms with Gasteiger partial charge in [0.2, 0.25) is 0 Å². The molecular formula is C13H14FN3O2. The summed E-state index contributed by atoms with van der Waals surface area (Å²) in [6, 6.07) is 4.96. The number of aliphatic hydroxyl groups is 1. The van der Waals surface area contributed by atoms with Crippen LogP contribution in [0, 0.1) is 17.1 Å². The van der Waals surface area contributed by atoms with Gasteiger partial charge in [-0.3, -0.25) is 0 Å². The number of nitrogens with zero attached hydrogens (tertiary/aromatic N) is 2. The summed E-state index contributed by atoms with van der Waals surface area (Å²) in [5, 5.41) is 20.1. The molecule has 0 aliphatic rings. The van der Waals surface area contributed by atoms with E-state index in [2.05, 4.69) is 11.9 Å². The number of urea groups is 1. The Labute approximate surface area is 110 Å². The van der Waals surface area contributed by atoms with Crippen LogP contribution in [0.3, 0.4) is 0 Å². The molecule has 0 spiro atoms. The van der Waals surface area contributed by atoms with Crippen molar-refractivity contribution >= 4 is 11.7 Å². The molecule has 2 amide bonds. The number of carbonyl (C=O) groups excluding carboxylic acids is 1. The maximum atomic E-state index is 13.1. The van der Waals surface area contributed by atoms with Crippen molar-refractivity contribution in [3.05, 3.63) is 42.2 Å². The Bertz CT molecular complexity index is 511. The lowest BCUT2D eigenvalue weighted by atomic mass is 10.2. The molecular weight excluding hydrogens is 249 g/mol. The molecule has 0 atom stereocenters. The van der Waals surface area contributed by atoms with Gasteiger partial charge in [0.1, 0.15) is 11.9 Å². The van der Waals surface area contributed by atoms with Gasteiger partial charge >= 0.3 is 6.03 Å². The Hall–Kier alpha value is -2.39. The highest BCUT2D eigenvalue weighted by Crippen LogP contribution is 2.14. The topological polar surface area (TPSA) is 76.4 Å². The standard InChI is InChI=1S/C13H14FN3O2/c1-2-5-17(6-7-18)13(19)16-11-3-4-12(14)10(8-11)9-15/h2-4,8,18H,1,5-7H2,(H,16,19). The molecule has 0 bridgehead atoms. The number of benzene rings is 1. The number of rotatable bonds is 5. The Morgan fingerprint density at radius 2 is 2.37 bits per heavy atom. The zero-order chi connectivity index (χ0) is 14.3. The molecule has 0 saturated heterocycles. The molecule has 0 aromatic heterocycles. The van der Waals surface area contributed by atoms with Crippen molar-refractivity contribution in [2.45, 2.75) is 0 Å². The van der Waals surface area contributed by atoms with Gasteiger partial charge in [0.15, 0.2) is 0 Å². The third-order valence-electron chi connectivity index (χ3n) is 2.34. The zero-order valence-corrected chi connectivity index (χ0v) is 10.3. The van der Waals surface area contributed by atoms with E-state index < -0.39 is 11.8 Å². The minimum atomic E-state index is -0.640. The van der Waals surface area contributed by atoms with Crippen molar-refractivity contribution in [2.24, 2.45) is 0 Å². The van der Waals surface area contributed by atoms with Gasteiger partial charge < -0.3 is 15.3 Å². The van der Waals surface area contributed by atoms with Gasteiger partial charge in [0.05, 0.1) is 12.2 Å². The summed E-state index contributed by atoms with van der Waals surface area (Å²) < 4.78 is 13.1. The number of halogens is 1. The van der Waals surface area contributed by atoms with E-state index in [0.717, 1.165) is 6.07 Å². The Kier molecular flexibility index (Phi) is 5.51. The number of aliphatic hydroxyl groups excluding tert-OH is 1. The Morgan fingerprint density at radius 3 is 2.95 bits per heavy atom. The predicted octanol–water partition coefficient (Wildman–Crippen LogP) is 1.71. The van der Waals surface area contributed by atoms with E-state index in [-0.39, 0.29) is 25.3 Å². The molecule has 0 saturated carbocycles. The molecule has 6 heteroatoms. The number of hydrogen-bond acceptors (Lipinski definition) is 3. The molecule has 0 aliphatic heterocycles. The fraction of sp³-hybridized carbons (Fsp3) is 0.231. The molecule has 0 heterocycles. The van der Waals surface area contributed by atoms with Crippen molar-refractivity contribution in [3.63, 3.8) is 0 Å². The van der Waals surface area contributed by atoms with Gasteiger partial charge in [0.25, 0.3) is 0 Å².